The summed E-state index contributed by atoms with van der Waals surface area (Å²) in [6.45, 7) is 4.30. The summed E-state index contributed by atoms with van der Waals surface area (Å²) in [6.07, 6.45) is 9.54. The Balaban J connectivity index is 1.72. The number of ether oxygens (including phenoxy) is 1. The summed E-state index contributed by atoms with van der Waals surface area (Å²) < 4.78 is 5.51. The van der Waals surface area contributed by atoms with Gasteiger partial charge in [0, 0.05) is 18.7 Å². The molecule has 0 aromatic heterocycles. The standard InChI is InChI=1S/C13H25NO/c1-11-4-2-5-12(8-7-11)14-13-6-3-9-15-10-13/h11-14H,2-10H2,1H3. The molecule has 1 N–H and O–H groups in total. The molecule has 1 aliphatic heterocycles. The van der Waals surface area contributed by atoms with E-state index >= 15 is 0 Å². The molecule has 0 aromatic rings. The van der Waals surface area contributed by atoms with Crippen LogP contribution >= 0.6 is 0 Å². The highest BCUT2D eigenvalue weighted by atomic mass is 16.5. The lowest BCUT2D eigenvalue weighted by molar-refractivity contribution is 0.0655. The Kier molecular flexibility index (Phi) is 4.45. The van der Waals surface area contributed by atoms with Crippen molar-refractivity contribution < 1.29 is 4.74 Å². The summed E-state index contributed by atoms with van der Waals surface area (Å²) in [5.74, 6) is 0.944. The third-order valence-electron chi connectivity index (χ3n) is 3.89. The molecule has 0 radical (unpaired) electrons. The second-order valence-corrected chi connectivity index (χ2v) is 5.39. The monoisotopic (exact) mass is 211 g/mol. The first kappa shape index (κ1) is 11.4. The van der Waals surface area contributed by atoms with Crippen molar-refractivity contribution in [3.63, 3.8) is 0 Å². The minimum absolute atomic E-state index is 0.636. The predicted molar refractivity (Wildman–Crippen MR) is 63.0 cm³/mol. The van der Waals surface area contributed by atoms with Crippen molar-refractivity contribution in [2.24, 2.45) is 5.92 Å². The molecular formula is C13H25NO. The zero-order valence-electron chi connectivity index (χ0n) is 10.0. The Bertz CT molecular complexity index is 177. The molecule has 2 fully saturated rings. The fraction of sp³-hybridized carbons (Fsp3) is 1.00. The molecule has 2 heteroatoms. The van der Waals surface area contributed by atoms with Crippen LogP contribution < -0.4 is 5.32 Å². The molecule has 1 saturated heterocycles. The third kappa shape index (κ3) is 3.76. The van der Waals surface area contributed by atoms with E-state index in [1.807, 2.05) is 0 Å². The van der Waals surface area contributed by atoms with Crippen LogP contribution in [0, 0.1) is 5.92 Å². The first-order valence-electron chi connectivity index (χ1n) is 6.68. The number of hydrogen-bond donors (Lipinski definition) is 1. The van der Waals surface area contributed by atoms with E-state index in [0.29, 0.717) is 6.04 Å². The zero-order valence-corrected chi connectivity index (χ0v) is 10.0. The lowest BCUT2D eigenvalue weighted by Gasteiger charge is -2.28. The zero-order chi connectivity index (χ0) is 10.5. The number of nitrogens with one attached hydrogen (secondary N) is 1. The molecule has 2 aliphatic rings. The van der Waals surface area contributed by atoms with Crippen LogP contribution in [0.1, 0.15) is 51.9 Å². The average Bonchev–Trinajstić information content (AvgIpc) is 2.46. The van der Waals surface area contributed by atoms with Gasteiger partial charge in [0.25, 0.3) is 0 Å². The van der Waals surface area contributed by atoms with Crippen LogP contribution in [0.15, 0.2) is 0 Å². The molecule has 15 heavy (non-hydrogen) atoms. The smallest absolute Gasteiger partial charge is 0.0619 e. The van der Waals surface area contributed by atoms with Gasteiger partial charge in [0.2, 0.25) is 0 Å². The molecule has 1 saturated carbocycles. The fourth-order valence-corrected chi connectivity index (χ4v) is 2.86. The molecule has 0 aromatic carbocycles. The maximum Gasteiger partial charge on any atom is 0.0619 e. The van der Waals surface area contributed by atoms with E-state index in [4.69, 9.17) is 4.74 Å². The predicted octanol–water partition coefficient (Wildman–Crippen LogP) is 2.72. The molecule has 3 atom stereocenters. The van der Waals surface area contributed by atoms with E-state index in [1.165, 1.54) is 44.9 Å². The van der Waals surface area contributed by atoms with E-state index in [-0.39, 0.29) is 0 Å². The molecule has 2 rings (SSSR count). The quantitative estimate of drug-likeness (QED) is 0.709. The van der Waals surface area contributed by atoms with Crippen LogP contribution in [0.5, 0.6) is 0 Å². The molecule has 1 heterocycles. The molecule has 1 aliphatic carbocycles. The van der Waals surface area contributed by atoms with Crippen LogP contribution in [0.3, 0.4) is 0 Å². The second-order valence-electron chi connectivity index (χ2n) is 5.39. The van der Waals surface area contributed by atoms with Gasteiger partial charge in [-0.2, -0.15) is 0 Å². The summed E-state index contributed by atoms with van der Waals surface area (Å²) in [7, 11) is 0. The lowest BCUT2D eigenvalue weighted by atomic mass is 10.0. The van der Waals surface area contributed by atoms with E-state index in [0.717, 1.165) is 25.2 Å². The summed E-state index contributed by atoms with van der Waals surface area (Å²) >= 11 is 0. The first-order valence-corrected chi connectivity index (χ1v) is 6.68. The SMILES string of the molecule is CC1CCCC(NC2CCCOC2)CC1. The van der Waals surface area contributed by atoms with Crippen LogP contribution in [-0.2, 0) is 4.74 Å². The van der Waals surface area contributed by atoms with Crippen molar-refractivity contribution in [1.82, 2.24) is 5.32 Å². The van der Waals surface area contributed by atoms with Crippen LogP contribution in [0.4, 0.5) is 0 Å². The second kappa shape index (κ2) is 5.86. The van der Waals surface area contributed by atoms with Gasteiger partial charge >= 0.3 is 0 Å². The normalized spacial score (nSPS) is 38.6. The maximum atomic E-state index is 5.51. The summed E-state index contributed by atoms with van der Waals surface area (Å²) in [6, 6.07) is 1.40. The number of hydrogen-bond acceptors (Lipinski definition) is 2. The van der Waals surface area contributed by atoms with Gasteiger partial charge in [-0.15, -0.1) is 0 Å². The highest BCUT2D eigenvalue weighted by molar-refractivity contribution is 4.79. The molecule has 88 valence electrons. The van der Waals surface area contributed by atoms with Gasteiger partial charge in [-0.25, -0.2) is 0 Å². The van der Waals surface area contributed by atoms with E-state index < -0.39 is 0 Å². The van der Waals surface area contributed by atoms with Crippen LogP contribution in [-0.4, -0.2) is 25.3 Å². The van der Waals surface area contributed by atoms with Crippen molar-refractivity contribution in [2.45, 2.75) is 64.0 Å². The van der Waals surface area contributed by atoms with Gasteiger partial charge in [-0.1, -0.05) is 19.8 Å². The molecule has 0 amide bonds. The summed E-state index contributed by atoms with van der Waals surface area (Å²) in [4.78, 5) is 0. The van der Waals surface area contributed by atoms with Crippen LogP contribution in [0.25, 0.3) is 0 Å². The molecular weight excluding hydrogens is 186 g/mol. The fourth-order valence-electron chi connectivity index (χ4n) is 2.86. The number of rotatable bonds is 2. The molecule has 3 unspecified atom stereocenters. The first-order chi connectivity index (χ1) is 7.34. The van der Waals surface area contributed by atoms with Gasteiger partial charge in [-0.05, 0) is 38.0 Å². The third-order valence-corrected chi connectivity index (χ3v) is 3.89. The topological polar surface area (TPSA) is 21.3 Å². The Morgan fingerprint density at radius 1 is 0.933 bits per heavy atom. The minimum Gasteiger partial charge on any atom is -0.380 e. The maximum absolute atomic E-state index is 5.51. The molecule has 0 spiro atoms. The van der Waals surface area contributed by atoms with Gasteiger partial charge < -0.3 is 10.1 Å². The van der Waals surface area contributed by atoms with Crippen molar-refractivity contribution in [3.8, 4) is 0 Å². The van der Waals surface area contributed by atoms with E-state index in [2.05, 4.69) is 12.2 Å². The highest BCUT2D eigenvalue weighted by Crippen LogP contribution is 2.23. The average molecular weight is 211 g/mol. The van der Waals surface area contributed by atoms with Gasteiger partial charge in [0.05, 0.1) is 6.61 Å². The van der Waals surface area contributed by atoms with E-state index in [1.54, 1.807) is 0 Å². The highest BCUT2D eigenvalue weighted by Gasteiger charge is 2.20. The largest absolute Gasteiger partial charge is 0.380 e. The Morgan fingerprint density at radius 3 is 2.60 bits per heavy atom. The van der Waals surface area contributed by atoms with Crippen molar-refractivity contribution in [3.05, 3.63) is 0 Å². The molecule has 0 bridgehead atoms. The Morgan fingerprint density at radius 2 is 1.80 bits per heavy atom. The van der Waals surface area contributed by atoms with E-state index in [9.17, 15) is 0 Å². The lowest BCUT2D eigenvalue weighted by Crippen LogP contribution is -2.42. The van der Waals surface area contributed by atoms with Crippen LogP contribution in [0.2, 0.25) is 0 Å². The summed E-state index contributed by atoms with van der Waals surface area (Å²) in [5.41, 5.74) is 0. The van der Waals surface area contributed by atoms with Crippen molar-refractivity contribution >= 4 is 0 Å². The minimum atomic E-state index is 0.636. The summed E-state index contributed by atoms with van der Waals surface area (Å²) in [5, 5.41) is 3.79. The Hall–Kier alpha value is -0.0800. The van der Waals surface area contributed by atoms with Gasteiger partial charge in [-0.3, -0.25) is 0 Å². The van der Waals surface area contributed by atoms with Crippen molar-refractivity contribution in [1.29, 1.82) is 0 Å². The van der Waals surface area contributed by atoms with Gasteiger partial charge in [0.1, 0.15) is 0 Å². The molecule has 2 nitrogen and oxygen atoms in total. The van der Waals surface area contributed by atoms with Gasteiger partial charge in [0.15, 0.2) is 0 Å². The Labute approximate surface area is 93.8 Å². The van der Waals surface area contributed by atoms with Crippen molar-refractivity contribution in [2.75, 3.05) is 13.2 Å².